The van der Waals surface area contributed by atoms with E-state index in [-0.39, 0.29) is 18.3 Å². The summed E-state index contributed by atoms with van der Waals surface area (Å²) in [6, 6.07) is 0. The summed E-state index contributed by atoms with van der Waals surface area (Å²) in [6.45, 7) is 1.53. The molecule has 0 aromatic heterocycles. The summed E-state index contributed by atoms with van der Waals surface area (Å²) in [4.78, 5) is 11.0. The molecule has 0 radical (unpaired) electrons. The molecule has 0 bridgehead atoms. The smallest absolute Gasteiger partial charge is 0.225 e. The molecule has 1 aliphatic heterocycles. The Labute approximate surface area is 78.0 Å². The quantitative estimate of drug-likeness (QED) is 0.631. The summed E-state index contributed by atoms with van der Waals surface area (Å²) in [5.41, 5.74) is 10.2. The number of hydrogen-bond donors (Lipinski definition) is 2. The average Bonchev–Trinajstić information content (AvgIpc) is 2.05. The number of ether oxygens (including phenoxy) is 1. The van der Waals surface area contributed by atoms with Crippen molar-refractivity contribution in [2.75, 3.05) is 19.8 Å². The van der Waals surface area contributed by atoms with Crippen LogP contribution in [0.25, 0.3) is 0 Å². The zero-order chi connectivity index (χ0) is 8.32. The van der Waals surface area contributed by atoms with Gasteiger partial charge in [0.05, 0.1) is 5.41 Å². The molecule has 0 spiro atoms. The fourth-order valence-electron chi connectivity index (χ4n) is 1.31. The van der Waals surface area contributed by atoms with Crippen LogP contribution in [0, 0.1) is 5.41 Å². The molecule has 0 unspecified atom stereocenters. The second-order valence-electron chi connectivity index (χ2n) is 2.96. The molecule has 1 amide bonds. The van der Waals surface area contributed by atoms with Crippen LogP contribution in [0.1, 0.15) is 12.8 Å². The molecular formula is C7H15ClN2O2. The van der Waals surface area contributed by atoms with Crippen molar-refractivity contribution in [3.8, 4) is 0 Å². The molecule has 0 atom stereocenters. The third kappa shape index (κ3) is 2.09. The van der Waals surface area contributed by atoms with E-state index in [1.807, 2.05) is 0 Å². The number of hydrogen-bond acceptors (Lipinski definition) is 3. The van der Waals surface area contributed by atoms with Crippen LogP contribution in [0.5, 0.6) is 0 Å². The van der Waals surface area contributed by atoms with Gasteiger partial charge in [-0.1, -0.05) is 0 Å². The molecule has 4 N–H and O–H groups in total. The molecule has 4 nitrogen and oxygen atoms in total. The van der Waals surface area contributed by atoms with Crippen LogP contribution in [0.15, 0.2) is 0 Å². The van der Waals surface area contributed by atoms with Crippen LogP contribution in [0.4, 0.5) is 0 Å². The number of carbonyl (C=O) groups is 1. The summed E-state index contributed by atoms with van der Waals surface area (Å²) in [5.74, 6) is -0.289. The molecule has 1 fully saturated rings. The minimum atomic E-state index is -0.488. The maximum atomic E-state index is 11.0. The maximum absolute atomic E-state index is 11.0. The summed E-state index contributed by atoms with van der Waals surface area (Å²) >= 11 is 0. The molecule has 1 heterocycles. The molecule has 12 heavy (non-hydrogen) atoms. The molecule has 1 saturated heterocycles. The van der Waals surface area contributed by atoms with Gasteiger partial charge in [0.1, 0.15) is 0 Å². The Bertz CT molecular complexity index is 157. The third-order valence-corrected chi connectivity index (χ3v) is 2.36. The van der Waals surface area contributed by atoms with Crippen molar-refractivity contribution in [1.82, 2.24) is 0 Å². The number of amides is 1. The highest BCUT2D eigenvalue weighted by atomic mass is 35.5. The second-order valence-corrected chi connectivity index (χ2v) is 2.96. The molecule has 0 aromatic carbocycles. The Hall–Kier alpha value is -0.320. The summed E-state index contributed by atoms with van der Waals surface area (Å²) < 4.78 is 5.11. The van der Waals surface area contributed by atoms with Crippen molar-refractivity contribution < 1.29 is 9.53 Å². The molecule has 5 heteroatoms. The summed E-state index contributed by atoms with van der Waals surface area (Å²) in [7, 11) is 0. The Morgan fingerprint density at radius 3 is 2.17 bits per heavy atom. The van der Waals surface area contributed by atoms with Gasteiger partial charge in [0.15, 0.2) is 0 Å². The van der Waals surface area contributed by atoms with Crippen LogP contribution in [0.2, 0.25) is 0 Å². The average molecular weight is 195 g/mol. The van der Waals surface area contributed by atoms with Gasteiger partial charge >= 0.3 is 0 Å². The SMILES string of the molecule is Cl.NCC1(C(N)=O)CCOCC1. The molecular weight excluding hydrogens is 180 g/mol. The minimum absolute atomic E-state index is 0. The predicted octanol–water partition coefficient (Wildman–Crippen LogP) is -0.351. The zero-order valence-corrected chi connectivity index (χ0v) is 7.73. The number of primary amides is 1. The Morgan fingerprint density at radius 1 is 1.42 bits per heavy atom. The van der Waals surface area contributed by atoms with Crippen LogP contribution >= 0.6 is 12.4 Å². The molecule has 0 aliphatic carbocycles. The van der Waals surface area contributed by atoms with Gasteiger partial charge in [-0.05, 0) is 12.8 Å². The lowest BCUT2D eigenvalue weighted by Gasteiger charge is -2.32. The molecule has 1 rings (SSSR count). The van der Waals surface area contributed by atoms with Gasteiger partial charge in [0.2, 0.25) is 5.91 Å². The van der Waals surface area contributed by atoms with Crippen molar-refractivity contribution in [3.63, 3.8) is 0 Å². The van der Waals surface area contributed by atoms with E-state index in [0.717, 1.165) is 0 Å². The van der Waals surface area contributed by atoms with Gasteiger partial charge in [-0.3, -0.25) is 4.79 Å². The highest BCUT2D eigenvalue weighted by Crippen LogP contribution is 2.28. The van der Waals surface area contributed by atoms with Gasteiger partial charge in [-0.15, -0.1) is 12.4 Å². The first-order chi connectivity index (χ1) is 5.21. The van der Waals surface area contributed by atoms with E-state index in [1.165, 1.54) is 0 Å². The number of rotatable bonds is 2. The summed E-state index contributed by atoms with van der Waals surface area (Å²) in [5, 5.41) is 0. The van der Waals surface area contributed by atoms with Crippen molar-refractivity contribution in [3.05, 3.63) is 0 Å². The van der Waals surface area contributed by atoms with Crippen LogP contribution in [0.3, 0.4) is 0 Å². The Balaban J connectivity index is 0.00000121. The summed E-state index contributed by atoms with van der Waals surface area (Å²) in [6.07, 6.45) is 1.33. The topological polar surface area (TPSA) is 78.3 Å². The Kier molecular flexibility index (Phi) is 4.52. The van der Waals surface area contributed by atoms with Crippen LogP contribution < -0.4 is 11.5 Å². The normalized spacial score (nSPS) is 21.1. The van der Waals surface area contributed by atoms with E-state index >= 15 is 0 Å². The van der Waals surface area contributed by atoms with Gasteiger partial charge < -0.3 is 16.2 Å². The van der Waals surface area contributed by atoms with E-state index in [1.54, 1.807) is 0 Å². The van der Waals surface area contributed by atoms with Gasteiger partial charge in [0, 0.05) is 19.8 Å². The number of carbonyl (C=O) groups excluding carboxylic acids is 1. The van der Waals surface area contributed by atoms with E-state index in [9.17, 15) is 4.79 Å². The zero-order valence-electron chi connectivity index (χ0n) is 6.91. The van der Waals surface area contributed by atoms with Crippen molar-refractivity contribution in [2.45, 2.75) is 12.8 Å². The lowest BCUT2D eigenvalue weighted by Crippen LogP contribution is -2.46. The highest BCUT2D eigenvalue weighted by molar-refractivity contribution is 5.85. The molecule has 0 saturated carbocycles. The van der Waals surface area contributed by atoms with Crippen LogP contribution in [-0.4, -0.2) is 25.7 Å². The van der Waals surface area contributed by atoms with Crippen molar-refractivity contribution >= 4 is 18.3 Å². The lowest BCUT2D eigenvalue weighted by atomic mass is 9.80. The first-order valence-electron chi connectivity index (χ1n) is 3.79. The van der Waals surface area contributed by atoms with E-state index in [4.69, 9.17) is 16.2 Å². The first-order valence-corrected chi connectivity index (χ1v) is 3.79. The van der Waals surface area contributed by atoms with Crippen molar-refractivity contribution in [2.24, 2.45) is 16.9 Å². The lowest BCUT2D eigenvalue weighted by molar-refractivity contribution is -0.132. The van der Waals surface area contributed by atoms with Gasteiger partial charge in [-0.25, -0.2) is 0 Å². The fourth-order valence-corrected chi connectivity index (χ4v) is 1.31. The Morgan fingerprint density at radius 2 is 1.92 bits per heavy atom. The molecule has 72 valence electrons. The van der Waals surface area contributed by atoms with Gasteiger partial charge in [-0.2, -0.15) is 0 Å². The first kappa shape index (κ1) is 11.7. The molecule has 1 aliphatic rings. The van der Waals surface area contributed by atoms with Crippen molar-refractivity contribution in [1.29, 1.82) is 0 Å². The number of nitrogens with two attached hydrogens (primary N) is 2. The minimum Gasteiger partial charge on any atom is -0.381 e. The van der Waals surface area contributed by atoms with Crippen LogP contribution in [-0.2, 0) is 9.53 Å². The monoisotopic (exact) mass is 194 g/mol. The van der Waals surface area contributed by atoms with E-state index < -0.39 is 5.41 Å². The molecule has 0 aromatic rings. The van der Waals surface area contributed by atoms with E-state index in [2.05, 4.69) is 0 Å². The predicted molar refractivity (Wildman–Crippen MR) is 48.0 cm³/mol. The largest absolute Gasteiger partial charge is 0.381 e. The van der Waals surface area contributed by atoms with E-state index in [0.29, 0.717) is 32.6 Å². The maximum Gasteiger partial charge on any atom is 0.225 e. The standard InChI is InChI=1S/C7H14N2O2.ClH/c8-5-7(6(9)10)1-3-11-4-2-7;/h1-5,8H2,(H2,9,10);1H. The second kappa shape index (κ2) is 4.64. The van der Waals surface area contributed by atoms with Gasteiger partial charge in [0.25, 0.3) is 0 Å². The number of halogens is 1. The third-order valence-electron chi connectivity index (χ3n) is 2.36. The highest BCUT2D eigenvalue weighted by Gasteiger charge is 2.36. The fraction of sp³-hybridized carbons (Fsp3) is 0.857.